The molecule has 0 N–H and O–H groups in total. The van der Waals surface area contributed by atoms with Crippen LogP contribution in [0.15, 0.2) is 11.6 Å². The van der Waals surface area contributed by atoms with Gasteiger partial charge in [0.15, 0.2) is 0 Å². The van der Waals surface area contributed by atoms with Crippen LogP contribution < -0.4 is 0 Å². The number of carbonyl (C=O) groups excluding carboxylic acids is 1. The van der Waals surface area contributed by atoms with E-state index in [1.807, 2.05) is 20.9 Å². The summed E-state index contributed by atoms with van der Waals surface area (Å²) in [5.74, 6) is -0.128. The van der Waals surface area contributed by atoms with Gasteiger partial charge in [0.2, 0.25) is 0 Å². The average Bonchev–Trinajstić information content (AvgIpc) is 2.86. The summed E-state index contributed by atoms with van der Waals surface area (Å²) in [6.07, 6.45) is 3.87. The molecule has 5 heteroatoms. The van der Waals surface area contributed by atoms with E-state index in [2.05, 4.69) is 11.0 Å². The van der Waals surface area contributed by atoms with Crippen LogP contribution in [0.4, 0.5) is 0 Å². The molecule has 110 valence electrons. The lowest BCUT2D eigenvalue weighted by Crippen LogP contribution is -2.55. The first kappa shape index (κ1) is 15.0. The number of ether oxygens (including phenoxy) is 1. The summed E-state index contributed by atoms with van der Waals surface area (Å²) in [5.41, 5.74) is -0.0847. The first-order chi connectivity index (χ1) is 9.45. The van der Waals surface area contributed by atoms with Crippen LogP contribution in [0.5, 0.6) is 0 Å². The van der Waals surface area contributed by atoms with Gasteiger partial charge in [-0.05, 0) is 39.8 Å². The number of carbonyl (C=O) groups is 1. The molecule has 0 aromatic carbocycles. The van der Waals surface area contributed by atoms with Crippen molar-refractivity contribution in [1.29, 1.82) is 5.26 Å². The minimum absolute atomic E-state index is 0.128. The summed E-state index contributed by atoms with van der Waals surface area (Å²) in [6.45, 7) is 7.03. The maximum absolute atomic E-state index is 12.3. The first-order valence-corrected chi connectivity index (χ1v) is 7.18. The van der Waals surface area contributed by atoms with E-state index in [0.29, 0.717) is 6.04 Å². The molecule has 20 heavy (non-hydrogen) atoms. The molecule has 0 atom stereocenters. The average molecular weight is 277 g/mol. The SMILES string of the molecule is CN(C1COC1)C(C)(C)/C=C(\C#N)C(=O)N1CCCC1. The monoisotopic (exact) mass is 277 g/mol. The van der Waals surface area contributed by atoms with Gasteiger partial charge in [-0.15, -0.1) is 0 Å². The maximum atomic E-state index is 12.3. The first-order valence-electron chi connectivity index (χ1n) is 7.18. The number of hydrogen-bond donors (Lipinski definition) is 0. The molecule has 5 nitrogen and oxygen atoms in total. The van der Waals surface area contributed by atoms with Crippen molar-refractivity contribution in [2.45, 2.75) is 38.3 Å². The normalized spacial score (nSPS) is 20.9. The van der Waals surface area contributed by atoms with Gasteiger partial charge >= 0.3 is 0 Å². The quantitative estimate of drug-likeness (QED) is 0.572. The molecule has 0 bridgehead atoms. The van der Waals surface area contributed by atoms with E-state index < -0.39 is 0 Å². The van der Waals surface area contributed by atoms with Gasteiger partial charge in [0.1, 0.15) is 11.6 Å². The van der Waals surface area contributed by atoms with Crippen LogP contribution in [0, 0.1) is 11.3 Å². The number of amides is 1. The highest BCUT2D eigenvalue weighted by atomic mass is 16.5. The Hall–Kier alpha value is -1.38. The molecule has 0 spiro atoms. The Morgan fingerprint density at radius 1 is 1.40 bits per heavy atom. The van der Waals surface area contributed by atoms with E-state index in [0.717, 1.165) is 39.1 Å². The zero-order valence-electron chi connectivity index (χ0n) is 12.6. The summed E-state index contributed by atoms with van der Waals surface area (Å²) in [4.78, 5) is 16.3. The third kappa shape index (κ3) is 3.02. The Kier molecular flexibility index (Phi) is 4.46. The molecule has 2 aliphatic heterocycles. The van der Waals surface area contributed by atoms with Crippen LogP contribution >= 0.6 is 0 Å². The van der Waals surface area contributed by atoms with Gasteiger partial charge in [-0.3, -0.25) is 9.69 Å². The van der Waals surface area contributed by atoms with E-state index in [1.165, 1.54) is 0 Å². The predicted molar refractivity (Wildman–Crippen MR) is 76.0 cm³/mol. The molecule has 2 aliphatic rings. The van der Waals surface area contributed by atoms with Crippen molar-refractivity contribution in [2.75, 3.05) is 33.4 Å². The fraction of sp³-hybridized carbons (Fsp3) is 0.733. The fourth-order valence-corrected chi connectivity index (χ4v) is 2.60. The highest BCUT2D eigenvalue weighted by molar-refractivity contribution is 5.97. The second kappa shape index (κ2) is 5.94. The van der Waals surface area contributed by atoms with Crippen LogP contribution in [-0.4, -0.2) is 60.6 Å². The van der Waals surface area contributed by atoms with Crippen LogP contribution in [0.3, 0.4) is 0 Å². The van der Waals surface area contributed by atoms with Crippen molar-refractivity contribution < 1.29 is 9.53 Å². The molecule has 2 rings (SSSR count). The molecule has 0 saturated carbocycles. The lowest BCUT2D eigenvalue weighted by Gasteiger charge is -2.43. The largest absolute Gasteiger partial charge is 0.378 e. The van der Waals surface area contributed by atoms with E-state index >= 15 is 0 Å². The molecule has 0 aromatic heterocycles. The second-order valence-electron chi connectivity index (χ2n) is 6.12. The number of nitriles is 1. The molecule has 2 heterocycles. The van der Waals surface area contributed by atoms with Gasteiger partial charge < -0.3 is 9.64 Å². The Morgan fingerprint density at radius 2 is 2.00 bits per heavy atom. The van der Waals surface area contributed by atoms with E-state index in [-0.39, 0.29) is 17.0 Å². The third-order valence-electron chi connectivity index (χ3n) is 4.32. The smallest absolute Gasteiger partial charge is 0.264 e. The fourth-order valence-electron chi connectivity index (χ4n) is 2.60. The molecule has 2 fully saturated rings. The van der Waals surface area contributed by atoms with Crippen molar-refractivity contribution in [3.63, 3.8) is 0 Å². The van der Waals surface area contributed by atoms with Crippen LogP contribution in [-0.2, 0) is 9.53 Å². The van der Waals surface area contributed by atoms with Gasteiger partial charge in [-0.1, -0.05) is 0 Å². The Labute approximate surface area is 120 Å². The molecular weight excluding hydrogens is 254 g/mol. The lowest BCUT2D eigenvalue weighted by molar-refractivity contribution is -0.125. The zero-order chi connectivity index (χ0) is 14.8. The van der Waals surface area contributed by atoms with Crippen molar-refractivity contribution in [3.05, 3.63) is 11.6 Å². The van der Waals surface area contributed by atoms with E-state index in [4.69, 9.17) is 4.74 Å². The Bertz CT molecular complexity index is 441. The summed E-state index contributed by atoms with van der Waals surface area (Å²) in [7, 11) is 2.01. The predicted octanol–water partition coefficient (Wildman–Crippen LogP) is 1.17. The Morgan fingerprint density at radius 3 is 2.45 bits per heavy atom. The van der Waals surface area contributed by atoms with E-state index in [1.54, 1.807) is 11.0 Å². The van der Waals surface area contributed by atoms with Crippen molar-refractivity contribution in [2.24, 2.45) is 0 Å². The summed E-state index contributed by atoms with van der Waals surface area (Å²) in [6, 6.07) is 2.44. The third-order valence-corrected chi connectivity index (χ3v) is 4.32. The van der Waals surface area contributed by atoms with Gasteiger partial charge in [0.05, 0.1) is 19.3 Å². The van der Waals surface area contributed by atoms with Crippen molar-refractivity contribution >= 4 is 5.91 Å². The zero-order valence-corrected chi connectivity index (χ0v) is 12.6. The van der Waals surface area contributed by atoms with Gasteiger partial charge in [0, 0.05) is 18.6 Å². The molecule has 0 radical (unpaired) electrons. The number of rotatable bonds is 4. The minimum Gasteiger partial charge on any atom is -0.378 e. The number of nitrogens with zero attached hydrogens (tertiary/aromatic N) is 3. The second-order valence-corrected chi connectivity index (χ2v) is 6.12. The van der Waals surface area contributed by atoms with E-state index in [9.17, 15) is 10.1 Å². The van der Waals surface area contributed by atoms with Crippen LogP contribution in [0.25, 0.3) is 0 Å². The number of hydrogen-bond acceptors (Lipinski definition) is 4. The van der Waals surface area contributed by atoms with Crippen LogP contribution in [0.1, 0.15) is 26.7 Å². The topological polar surface area (TPSA) is 56.6 Å². The number of likely N-dealkylation sites (tertiary alicyclic amines) is 1. The summed E-state index contributed by atoms with van der Waals surface area (Å²) < 4.78 is 5.21. The molecule has 0 aliphatic carbocycles. The maximum Gasteiger partial charge on any atom is 0.264 e. The summed E-state index contributed by atoms with van der Waals surface area (Å²) >= 11 is 0. The highest BCUT2D eigenvalue weighted by Gasteiger charge is 2.33. The molecule has 2 saturated heterocycles. The van der Waals surface area contributed by atoms with Crippen molar-refractivity contribution in [3.8, 4) is 6.07 Å². The van der Waals surface area contributed by atoms with Crippen molar-refractivity contribution in [1.82, 2.24) is 9.80 Å². The van der Waals surface area contributed by atoms with Crippen LogP contribution in [0.2, 0.25) is 0 Å². The van der Waals surface area contributed by atoms with Gasteiger partial charge in [-0.25, -0.2) is 0 Å². The highest BCUT2D eigenvalue weighted by Crippen LogP contribution is 2.23. The molecule has 0 unspecified atom stereocenters. The Balaban J connectivity index is 2.12. The van der Waals surface area contributed by atoms with Gasteiger partial charge in [-0.2, -0.15) is 5.26 Å². The standard InChI is InChI=1S/C15H23N3O2/c1-15(2,17(3)13-10-20-11-13)8-12(9-16)14(19)18-6-4-5-7-18/h8,13H,4-7,10-11H2,1-3H3/b12-8+. The molecule has 1 amide bonds. The van der Waals surface area contributed by atoms with Gasteiger partial charge in [0.25, 0.3) is 5.91 Å². The number of likely N-dealkylation sites (N-methyl/N-ethyl adjacent to an activating group) is 1. The minimum atomic E-state index is -0.338. The molecule has 0 aromatic rings. The summed E-state index contributed by atoms with van der Waals surface area (Å²) in [5, 5.41) is 9.30. The molecular formula is C15H23N3O2. The lowest BCUT2D eigenvalue weighted by atomic mass is 9.96.